The first-order valence-corrected chi connectivity index (χ1v) is 7.31. The summed E-state index contributed by atoms with van der Waals surface area (Å²) in [5, 5.41) is 7.35. The van der Waals surface area contributed by atoms with Crippen LogP contribution in [0.25, 0.3) is 0 Å². The highest BCUT2D eigenvalue weighted by Gasteiger charge is 2.30. The minimum absolute atomic E-state index is 0.581. The third kappa shape index (κ3) is 3.76. The third-order valence-electron chi connectivity index (χ3n) is 4.08. The summed E-state index contributed by atoms with van der Waals surface area (Å²) < 4.78 is 5.09. The summed E-state index contributed by atoms with van der Waals surface area (Å²) in [5.74, 6) is 2.06. The smallest absolute Gasteiger partial charge is 0.227 e. The average Bonchev–Trinajstić information content (AvgIpc) is 2.88. The Balaban J connectivity index is 1.95. The molecule has 0 bridgehead atoms. The Hall–Kier alpha value is -0.940. The van der Waals surface area contributed by atoms with Crippen LogP contribution in [-0.4, -0.2) is 46.8 Å². The van der Waals surface area contributed by atoms with Crippen LogP contribution in [0.1, 0.15) is 33.6 Å². The summed E-state index contributed by atoms with van der Waals surface area (Å²) in [6.45, 7) is 12.3. The number of hydrogen-bond donors (Lipinski definition) is 1. The Bertz CT molecular complexity index is 364. The molecule has 0 aromatic carbocycles. The van der Waals surface area contributed by atoms with E-state index in [-0.39, 0.29) is 0 Å². The van der Waals surface area contributed by atoms with Gasteiger partial charge in [-0.3, -0.25) is 4.90 Å². The van der Waals surface area contributed by atoms with Crippen molar-refractivity contribution in [2.75, 3.05) is 19.6 Å². The zero-order valence-electron chi connectivity index (χ0n) is 12.5. The SMILES string of the molecule is CC(C)C1CN(CCc2ncno2)C(C(C)C)CN1. The Kier molecular flexibility index (Phi) is 4.93. The van der Waals surface area contributed by atoms with Crippen LogP contribution in [0, 0.1) is 11.8 Å². The van der Waals surface area contributed by atoms with Gasteiger partial charge in [-0.2, -0.15) is 4.98 Å². The van der Waals surface area contributed by atoms with E-state index in [1.165, 1.54) is 6.33 Å². The van der Waals surface area contributed by atoms with E-state index >= 15 is 0 Å². The van der Waals surface area contributed by atoms with Crippen LogP contribution in [0.4, 0.5) is 0 Å². The molecule has 0 amide bonds. The maximum absolute atomic E-state index is 5.09. The van der Waals surface area contributed by atoms with Gasteiger partial charge in [-0.25, -0.2) is 0 Å². The number of piperazine rings is 1. The molecule has 2 rings (SSSR count). The molecule has 5 heteroatoms. The Labute approximate surface area is 115 Å². The summed E-state index contributed by atoms with van der Waals surface area (Å²) in [4.78, 5) is 6.68. The zero-order valence-corrected chi connectivity index (χ0v) is 12.5. The predicted octanol–water partition coefficient (Wildman–Crippen LogP) is 1.57. The summed E-state index contributed by atoms with van der Waals surface area (Å²) in [6, 6.07) is 1.18. The lowest BCUT2D eigenvalue weighted by Gasteiger charge is -2.43. The number of rotatable bonds is 5. The van der Waals surface area contributed by atoms with Crippen molar-refractivity contribution in [1.82, 2.24) is 20.4 Å². The number of nitrogens with one attached hydrogen (secondary N) is 1. The molecule has 0 saturated carbocycles. The lowest BCUT2D eigenvalue weighted by Crippen LogP contribution is -2.59. The molecule has 1 aromatic rings. The van der Waals surface area contributed by atoms with Gasteiger partial charge in [0.1, 0.15) is 0 Å². The molecular weight excluding hydrogens is 240 g/mol. The lowest BCUT2D eigenvalue weighted by atomic mass is 9.94. The van der Waals surface area contributed by atoms with Crippen LogP contribution in [0.2, 0.25) is 0 Å². The quantitative estimate of drug-likeness (QED) is 0.876. The highest BCUT2D eigenvalue weighted by molar-refractivity contribution is 4.90. The van der Waals surface area contributed by atoms with Crippen LogP contribution in [0.15, 0.2) is 10.9 Å². The standard InChI is InChI=1S/C14H26N4O/c1-10(2)12-8-18(13(7-15-12)11(3)4)6-5-14-16-9-17-19-14/h9-13,15H,5-8H2,1-4H3. The number of nitrogens with zero attached hydrogens (tertiary/aromatic N) is 3. The number of hydrogen-bond acceptors (Lipinski definition) is 5. The van der Waals surface area contributed by atoms with E-state index in [1.807, 2.05) is 0 Å². The van der Waals surface area contributed by atoms with E-state index < -0.39 is 0 Å². The molecular formula is C14H26N4O. The van der Waals surface area contributed by atoms with Crippen LogP contribution in [0.3, 0.4) is 0 Å². The third-order valence-corrected chi connectivity index (χ3v) is 4.08. The van der Waals surface area contributed by atoms with Crippen molar-refractivity contribution < 1.29 is 4.52 Å². The van der Waals surface area contributed by atoms with Crippen molar-refractivity contribution >= 4 is 0 Å². The van der Waals surface area contributed by atoms with Crippen LogP contribution >= 0.6 is 0 Å². The van der Waals surface area contributed by atoms with E-state index in [1.54, 1.807) is 0 Å². The van der Waals surface area contributed by atoms with E-state index in [0.717, 1.165) is 31.9 Å². The van der Waals surface area contributed by atoms with E-state index in [2.05, 4.69) is 48.1 Å². The minimum Gasteiger partial charge on any atom is -0.340 e. The summed E-state index contributed by atoms with van der Waals surface area (Å²) in [7, 11) is 0. The fraction of sp³-hybridized carbons (Fsp3) is 0.857. The zero-order chi connectivity index (χ0) is 13.8. The Morgan fingerprint density at radius 2 is 2.16 bits per heavy atom. The second-order valence-corrected chi connectivity index (χ2v) is 6.15. The minimum atomic E-state index is 0.581. The van der Waals surface area contributed by atoms with Crippen LogP contribution in [-0.2, 0) is 6.42 Å². The number of aromatic nitrogens is 2. The van der Waals surface area contributed by atoms with Gasteiger partial charge in [0.25, 0.3) is 0 Å². The van der Waals surface area contributed by atoms with Crippen LogP contribution in [0.5, 0.6) is 0 Å². The second kappa shape index (κ2) is 6.48. The fourth-order valence-corrected chi connectivity index (χ4v) is 2.76. The molecule has 2 heterocycles. The Morgan fingerprint density at radius 3 is 2.74 bits per heavy atom. The van der Waals surface area contributed by atoms with Gasteiger partial charge in [0.15, 0.2) is 6.33 Å². The second-order valence-electron chi connectivity index (χ2n) is 6.15. The molecule has 1 aliphatic rings. The summed E-state index contributed by atoms with van der Waals surface area (Å²) >= 11 is 0. The lowest BCUT2D eigenvalue weighted by molar-refractivity contribution is 0.0842. The Morgan fingerprint density at radius 1 is 1.37 bits per heavy atom. The van der Waals surface area contributed by atoms with Crippen molar-refractivity contribution in [2.24, 2.45) is 11.8 Å². The van der Waals surface area contributed by atoms with Gasteiger partial charge >= 0.3 is 0 Å². The van der Waals surface area contributed by atoms with Gasteiger partial charge in [-0.15, -0.1) is 0 Å². The molecule has 0 aliphatic carbocycles. The van der Waals surface area contributed by atoms with Gasteiger partial charge < -0.3 is 9.84 Å². The van der Waals surface area contributed by atoms with Crippen molar-refractivity contribution in [1.29, 1.82) is 0 Å². The molecule has 1 N–H and O–H groups in total. The van der Waals surface area contributed by atoms with Gasteiger partial charge in [0.05, 0.1) is 0 Å². The van der Waals surface area contributed by atoms with Crippen molar-refractivity contribution in [3.63, 3.8) is 0 Å². The van der Waals surface area contributed by atoms with Gasteiger partial charge in [0.2, 0.25) is 5.89 Å². The fourth-order valence-electron chi connectivity index (χ4n) is 2.76. The summed E-state index contributed by atoms with van der Waals surface area (Å²) in [5.41, 5.74) is 0. The molecule has 2 unspecified atom stereocenters. The first-order valence-electron chi connectivity index (χ1n) is 7.31. The molecule has 0 radical (unpaired) electrons. The molecule has 1 saturated heterocycles. The first-order chi connectivity index (χ1) is 9.08. The molecule has 5 nitrogen and oxygen atoms in total. The highest BCUT2D eigenvalue weighted by Crippen LogP contribution is 2.18. The maximum atomic E-state index is 5.09. The van der Waals surface area contributed by atoms with Crippen molar-refractivity contribution in [2.45, 2.75) is 46.2 Å². The molecule has 1 fully saturated rings. The molecule has 108 valence electrons. The molecule has 19 heavy (non-hydrogen) atoms. The maximum Gasteiger partial charge on any atom is 0.227 e. The van der Waals surface area contributed by atoms with Gasteiger partial charge in [0, 0.05) is 38.1 Å². The molecule has 1 aliphatic heterocycles. The van der Waals surface area contributed by atoms with Crippen LogP contribution < -0.4 is 5.32 Å². The van der Waals surface area contributed by atoms with Crippen molar-refractivity contribution in [3.05, 3.63) is 12.2 Å². The average molecular weight is 266 g/mol. The van der Waals surface area contributed by atoms with E-state index in [0.29, 0.717) is 23.9 Å². The van der Waals surface area contributed by atoms with Gasteiger partial charge in [-0.05, 0) is 11.8 Å². The van der Waals surface area contributed by atoms with E-state index in [9.17, 15) is 0 Å². The molecule has 0 spiro atoms. The summed E-state index contributed by atoms with van der Waals surface area (Å²) in [6.07, 6.45) is 2.32. The molecule has 1 aromatic heterocycles. The normalized spacial score (nSPS) is 25.4. The largest absolute Gasteiger partial charge is 0.340 e. The van der Waals surface area contributed by atoms with E-state index in [4.69, 9.17) is 4.52 Å². The molecule has 2 atom stereocenters. The monoisotopic (exact) mass is 266 g/mol. The highest BCUT2D eigenvalue weighted by atomic mass is 16.5. The predicted molar refractivity (Wildman–Crippen MR) is 74.8 cm³/mol. The topological polar surface area (TPSA) is 54.2 Å². The van der Waals surface area contributed by atoms with Gasteiger partial charge in [-0.1, -0.05) is 32.9 Å². The first kappa shape index (κ1) is 14.5. The van der Waals surface area contributed by atoms with Crippen molar-refractivity contribution in [3.8, 4) is 0 Å².